The molecule has 0 radical (unpaired) electrons. The zero-order chi connectivity index (χ0) is 24.3. The maximum atomic E-state index is 13.8. The first-order chi connectivity index (χ1) is 15.4. The molecule has 0 N–H and O–H groups in total. The molecule has 0 heterocycles. The van der Waals surface area contributed by atoms with E-state index in [2.05, 4.69) is 13.8 Å². The first kappa shape index (κ1) is 25.4. The molecule has 0 aliphatic heterocycles. The van der Waals surface area contributed by atoms with Gasteiger partial charge < -0.3 is 0 Å². The molecular weight excluding hydrogens is 452 g/mol. The van der Waals surface area contributed by atoms with Gasteiger partial charge in [-0.3, -0.25) is 0 Å². The van der Waals surface area contributed by atoms with E-state index in [0.29, 0.717) is 4.90 Å². The van der Waals surface area contributed by atoms with Crippen LogP contribution in [0.2, 0.25) is 0 Å². The number of hydrogen-bond donors (Lipinski definition) is 0. The maximum absolute atomic E-state index is 13.8. The van der Waals surface area contributed by atoms with Gasteiger partial charge in [0.2, 0.25) is 0 Å². The van der Waals surface area contributed by atoms with E-state index in [1.54, 1.807) is 60.7 Å². The van der Waals surface area contributed by atoms with Crippen LogP contribution in [0.3, 0.4) is 0 Å². The molecule has 0 bridgehead atoms. The molecule has 1 aliphatic rings. The van der Waals surface area contributed by atoms with Crippen LogP contribution in [0, 0.1) is 5.41 Å². The quantitative estimate of drug-likeness (QED) is 0.419. The summed E-state index contributed by atoms with van der Waals surface area (Å²) in [5.74, 6) is -0.150. The predicted octanol–water partition coefficient (Wildman–Crippen LogP) is 6.17. The molecule has 0 fully saturated rings. The second kappa shape index (κ2) is 9.98. The second-order valence-corrected chi connectivity index (χ2v) is 13.8. The van der Waals surface area contributed by atoms with Gasteiger partial charge in [0.05, 0.1) is 20.8 Å². The fourth-order valence-corrected chi connectivity index (χ4v) is 8.29. The normalized spacial score (nSPS) is 18.2. The van der Waals surface area contributed by atoms with Gasteiger partial charge in [0.25, 0.3) is 0 Å². The number of hydrogen-bond acceptors (Lipinski definition) is 4. The van der Waals surface area contributed by atoms with Gasteiger partial charge in [0, 0.05) is 0 Å². The van der Waals surface area contributed by atoms with Crippen LogP contribution in [-0.2, 0) is 19.7 Å². The molecule has 6 heteroatoms. The number of benzene rings is 2. The lowest BCUT2D eigenvalue weighted by molar-refractivity contribution is 0.353. The van der Waals surface area contributed by atoms with E-state index < -0.39 is 24.9 Å². The highest BCUT2D eigenvalue weighted by atomic mass is 32.2. The van der Waals surface area contributed by atoms with Crippen LogP contribution in [0.1, 0.15) is 53.4 Å². The van der Waals surface area contributed by atoms with Gasteiger partial charge >= 0.3 is 0 Å². The molecule has 2 aromatic carbocycles. The Morgan fingerprint density at radius 3 is 2.03 bits per heavy atom. The van der Waals surface area contributed by atoms with Crippen LogP contribution in [-0.4, -0.2) is 27.8 Å². The molecule has 0 amide bonds. The SMILES string of the molecule is CC1=C(C(C/C(C)=C/CS(=O)(=O)c2ccccc2)S(=O)(=O)c2ccccc2)C(C)(C)CCC1. The number of sulfone groups is 2. The topological polar surface area (TPSA) is 68.3 Å². The van der Waals surface area contributed by atoms with E-state index in [1.165, 1.54) is 0 Å². The highest BCUT2D eigenvalue weighted by molar-refractivity contribution is 7.92. The van der Waals surface area contributed by atoms with Crippen LogP contribution in [0.25, 0.3) is 0 Å². The molecule has 0 aromatic heterocycles. The largest absolute Gasteiger partial charge is 0.223 e. The lowest BCUT2D eigenvalue weighted by atomic mass is 9.71. The molecule has 0 saturated heterocycles. The fourth-order valence-electron chi connectivity index (χ4n) is 4.85. The minimum atomic E-state index is -3.65. The predicted molar refractivity (Wildman–Crippen MR) is 135 cm³/mol. The number of allylic oxidation sites excluding steroid dienone is 2. The molecule has 1 aliphatic carbocycles. The van der Waals surface area contributed by atoms with Crippen molar-refractivity contribution in [1.29, 1.82) is 0 Å². The summed E-state index contributed by atoms with van der Waals surface area (Å²) in [6.45, 7) is 8.12. The third-order valence-electron chi connectivity index (χ3n) is 6.57. The van der Waals surface area contributed by atoms with E-state index in [4.69, 9.17) is 0 Å². The Bertz CT molecular complexity index is 1240. The van der Waals surface area contributed by atoms with E-state index in [1.807, 2.05) is 19.9 Å². The molecule has 1 unspecified atom stereocenters. The Balaban J connectivity index is 1.99. The minimum absolute atomic E-state index is 0.150. The summed E-state index contributed by atoms with van der Waals surface area (Å²) in [5, 5.41) is -0.717. The van der Waals surface area contributed by atoms with Crippen molar-refractivity contribution in [1.82, 2.24) is 0 Å². The molecule has 2 aromatic rings. The Kier molecular flexibility index (Phi) is 7.69. The van der Waals surface area contributed by atoms with E-state index in [9.17, 15) is 16.8 Å². The number of rotatable bonds is 8. The summed E-state index contributed by atoms with van der Waals surface area (Å²) in [5.41, 5.74) is 2.66. The zero-order valence-corrected chi connectivity index (χ0v) is 21.5. The van der Waals surface area contributed by atoms with E-state index in [0.717, 1.165) is 36.0 Å². The third-order valence-corrected chi connectivity index (χ3v) is 10.2. The average Bonchev–Trinajstić information content (AvgIpc) is 2.77. The van der Waals surface area contributed by atoms with Gasteiger partial charge in [-0.1, -0.05) is 67.5 Å². The Labute approximate surface area is 199 Å². The summed E-state index contributed by atoms with van der Waals surface area (Å²) in [6.07, 6.45) is 4.82. The Hall–Kier alpha value is -2.18. The van der Waals surface area contributed by atoms with Crippen LogP contribution < -0.4 is 0 Å². The van der Waals surface area contributed by atoms with Crippen molar-refractivity contribution in [3.63, 3.8) is 0 Å². The van der Waals surface area contributed by atoms with Crippen LogP contribution in [0.15, 0.2) is 93.2 Å². The van der Waals surface area contributed by atoms with Crippen LogP contribution in [0.4, 0.5) is 0 Å². The van der Waals surface area contributed by atoms with Crippen molar-refractivity contribution in [2.45, 2.75) is 68.4 Å². The third kappa shape index (κ3) is 5.85. The molecule has 3 rings (SSSR count). The second-order valence-electron chi connectivity index (χ2n) is 9.63. The van der Waals surface area contributed by atoms with Crippen molar-refractivity contribution in [2.75, 3.05) is 5.75 Å². The van der Waals surface area contributed by atoms with Gasteiger partial charge in [-0.05, 0) is 74.8 Å². The monoisotopic (exact) mass is 486 g/mol. The molecule has 0 spiro atoms. The van der Waals surface area contributed by atoms with Crippen molar-refractivity contribution < 1.29 is 16.8 Å². The summed E-state index contributed by atoms with van der Waals surface area (Å²) in [6, 6.07) is 16.9. The van der Waals surface area contributed by atoms with Crippen LogP contribution in [0.5, 0.6) is 0 Å². The molecule has 1 atom stereocenters. The van der Waals surface area contributed by atoms with Crippen molar-refractivity contribution in [3.8, 4) is 0 Å². The molecular formula is C27H34O4S2. The fraction of sp³-hybridized carbons (Fsp3) is 0.407. The minimum Gasteiger partial charge on any atom is -0.223 e. The highest BCUT2D eigenvalue weighted by Gasteiger charge is 2.40. The van der Waals surface area contributed by atoms with Crippen LogP contribution >= 0.6 is 0 Å². The summed E-state index contributed by atoms with van der Waals surface area (Å²) < 4.78 is 53.1. The van der Waals surface area contributed by atoms with Gasteiger partial charge in [0.15, 0.2) is 19.7 Å². The molecule has 0 saturated carbocycles. The highest BCUT2D eigenvalue weighted by Crippen LogP contribution is 2.46. The van der Waals surface area contributed by atoms with E-state index >= 15 is 0 Å². The standard InChI is InChI=1S/C27H34O4S2/c1-21(17-19-32(28,29)23-13-7-5-8-14-23)20-25(26-22(2)12-11-18-27(26,3)4)33(30,31)24-15-9-6-10-16-24/h5-10,13-17,25H,11-12,18-20H2,1-4H3/b21-17+. The maximum Gasteiger partial charge on any atom is 0.185 e. The van der Waals surface area contributed by atoms with E-state index in [-0.39, 0.29) is 22.5 Å². The van der Waals surface area contributed by atoms with Gasteiger partial charge in [-0.2, -0.15) is 0 Å². The summed E-state index contributed by atoms with van der Waals surface area (Å²) >= 11 is 0. The molecule has 33 heavy (non-hydrogen) atoms. The molecule has 178 valence electrons. The van der Waals surface area contributed by atoms with Crippen molar-refractivity contribution in [2.24, 2.45) is 5.41 Å². The Morgan fingerprint density at radius 1 is 0.939 bits per heavy atom. The smallest absolute Gasteiger partial charge is 0.185 e. The zero-order valence-electron chi connectivity index (χ0n) is 19.9. The average molecular weight is 487 g/mol. The lowest BCUT2D eigenvalue weighted by Crippen LogP contribution is -2.35. The first-order valence-corrected chi connectivity index (χ1v) is 14.6. The van der Waals surface area contributed by atoms with Gasteiger partial charge in [-0.25, -0.2) is 16.8 Å². The van der Waals surface area contributed by atoms with Gasteiger partial charge in [-0.15, -0.1) is 0 Å². The summed E-state index contributed by atoms with van der Waals surface area (Å²) in [4.78, 5) is 0.579. The summed E-state index contributed by atoms with van der Waals surface area (Å²) in [7, 11) is -7.13. The first-order valence-electron chi connectivity index (χ1n) is 11.4. The van der Waals surface area contributed by atoms with Crippen molar-refractivity contribution >= 4 is 19.7 Å². The Morgan fingerprint density at radius 2 is 1.48 bits per heavy atom. The lowest BCUT2D eigenvalue weighted by Gasteiger charge is -2.39. The molecule has 4 nitrogen and oxygen atoms in total. The van der Waals surface area contributed by atoms with Crippen molar-refractivity contribution in [3.05, 3.63) is 83.5 Å². The van der Waals surface area contributed by atoms with Gasteiger partial charge in [0.1, 0.15) is 0 Å².